The van der Waals surface area contributed by atoms with E-state index in [-0.39, 0.29) is 5.91 Å². The Bertz CT molecular complexity index is 670. The van der Waals surface area contributed by atoms with Crippen LogP contribution in [-0.4, -0.2) is 24.3 Å². The lowest BCUT2D eigenvalue weighted by Gasteiger charge is -2.17. The van der Waals surface area contributed by atoms with Crippen molar-refractivity contribution < 1.29 is 9.53 Å². The van der Waals surface area contributed by atoms with Crippen molar-refractivity contribution in [2.24, 2.45) is 0 Å². The standard InChI is InChI=1S/C21H27NO2S/c1-4-20(24-19-7-5-6-17(3)14-19)21(23)22-12-13-25-15-18-10-8-16(2)9-11-18/h5-11,14,20H,4,12-13,15H2,1-3H3,(H,22,23)/t20-/m0/s1. The van der Waals surface area contributed by atoms with Crippen LogP contribution in [0.4, 0.5) is 0 Å². The molecule has 4 heteroatoms. The van der Waals surface area contributed by atoms with Crippen LogP contribution in [0.2, 0.25) is 0 Å². The normalized spacial score (nSPS) is 11.8. The van der Waals surface area contributed by atoms with Gasteiger partial charge in [0.15, 0.2) is 6.10 Å². The number of carbonyl (C=O) groups is 1. The van der Waals surface area contributed by atoms with Gasteiger partial charge in [0, 0.05) is 18.1 Å². The van der Waals surface area contributed by atoms with Gasteiger partial charge in [0.25, 0.3) is 5.91 Å². The number of benzene rings is 2. The average Bonchev–Trinajstić information content (AvgIpc) is 2.61. The lowest BCUT2D eigenvalue weighted by molar-refractivity contribution is -0.127. The van der Waals surface area contributed by atoms with E-state index in [1.54, 1.807) is 0 Å². The summed E-state index contributed by atoms with van der Waals surface area (Å²) in [5, 5.41) is 2.98. The summed E-state index contributed by atoms with van der Waals surface area (Å²) in [4.78, 5) is 12.3. The average molecular weight is 358 g/mol. The molecule has 0 aliphatic rings. The number of nitrogens with one attached hydrogen (secondary N) is 1. The first kappa shape index (κ1) is 19.4. The van der Waals surface area contributed by atoms with Crippen LogP contribution in [0.25, 0.3) is 0 Å². The maximum Gasteiger partial charge on any atom is 0.261 e. The molecule has 0 saturated carbocycles. The molecule has 0 aliphatic carbocycles. The Kier molecular flexibility index (Phi) is 7.86. The fourth-order valence-corrected chi connectivity index (χ4v) is 3.23. The molecule has 1 N–H and O–H groups in total. The van der Waals surface area contributed by atoms with E-state index in [9.17, 15) is 4.79 Å². The minimum absolute atomic E-state index is 0.0417. The van der Waals surface area contributed by atoms with Crippen LogP contribution in [0.3, 0.4) is 0 Å². The molecule has 2 aromatic rings. The number of aryl methyl sites for hydroxylation is 2. The number of rotatable bonds is 9. The number of ether oxygens (including phenoxy) is 1. The van der Waals surface area contributed by atoms with E-state index in [0.29, 0.717) is 13.0 Å². The minimum Gasteiger partial charge on any atom is -0.481 e. The fraction of sp³-hybridized carbons (Fsp3) is 0.381. The quantitative estimate of drug-likeness (QED) is 0.671. The number of thioether (sulfide) groups is 1. The van der Waals surface area contributed by atoms with E-state index in [2.05, 4.69) is 36.5 Å². The molecule has 134 valence electrons. The van der Waals surface area contributed by atoms with Gasteiger partial charge < -0.3 is 10.1 Å². The molecule has 2 rings (SSSR count). The van der Waals surface area contributed by atoms with Gasteiger partial charge in [0.1, 0.15) is 5.75 Å². The zero-order valence-electron chi connectivity index (χ0n) is 15.2. The third-order valence-electron chi connectivity index (χ3n) is 3.87. The highest BCUT2D eigenvalue weighted by molar-refractivity contribution is 7.98. The summed E-state index contributed by atoms with van der Waals surface area (Å²) in [5.74, 6) is 2.56. The number of carbonyl (C=O) groups excluding carboxylic acids is 1. The van der Waals surface area contributed by atoms with Crippen molar-refractivity contribution in [2.75, 3.05) is 12.3 Å². The van der Waals surface area contributed by atoms with Crippen molar-refractivity contribution in [3.05, 3.63) is 65.2 Å². The van der Waals surface area contributed by atoms with Crippen LogP contribution in [-0.2, 0) is 10.5 Å². The second kappa shape index (κ2) is 10.1. The number of hydrogen-bond acceptors (Lipinski definition) is 3. The van der Waals surface area contributed by atoms with E-state index < -0.39 is 6.10 Å². The van der Waals surface area contributed by atoms with Crippen LogP contribution < -0.4 is 10.1 Å². The monoisotopic (exact) mass is 357 g/mol. The van der Waals surface area contributed by atoms with E-state index >= 15 is 0 Å². The molecule has 0 heterocycles. The maximum absolute atomic E-state index is 12.3. The summed E-state index contributed by atoms with van der Waals surface area (Å²) in [6.45, 7) is 6.73. The lowest BCUT2D eigenvalue weighted by Crippen LogP contribution is -2.39. The van der Waals surface area contributed by atoms with E-state index in [1.165, 1.54) is 11.1 Å². The van der Waals surface area contributed by atoms with Gasteiger partial charge in [-0.1, -0.05) is 48.9 Å². The van der Waals surface area contributed by atoms with Crippen LogP contribution in [0.1, 0.15) is 30.0 Å². The van der Waals surface area contributed by atoms with Crippen molar-refractivity contribution in [3.63, 3.8) is 0 Å². The Morgan fingerprint density at radius 2 is 1.88 bits per heavy atom. The Labute approximate surface area is 155 Å². The summed E-state index contributed by atoms with van der Waals surface area (Å²) in [6.07, 6.45) is 0.208. The second-order valence-corrected chi connectivity index (χ2v) is 7.27. The van der Waals surface area contributed by atoms with Gasteiger partial charge in [-0.25, -0.2) is 0 Å². The summed E-state index contributed by atoms with van der Waals surface area (Å²) in [7, 11) is 0. The smallest absolute Gasteiger partial charge is 0.261 e. The summed E-state index contributed by atoms with van der Waals surface area (Å²) in [5.41, 5.74) is 3.72. The highest BCUT2D eigenvalue weighted by Crippen LogP contribution is 2.16. The molecule has 1 amide bonds. The molecule has 0 unspecified atom stereocenters. The van der Waals surface area contributed by atoms with Gasteiger partial charge in [0.05, 0.1) is 0 Å². The highest BCUT2D eigenvalue weighted by Gasteiger charge is 2.17. The molecular formula is C21H27NO2S. The first-order chi connectivity index (χ1) is 12.1. The molecule has 0 aromatic heterocycles. The lowest BCUT2D eigenvalue weighted by atomic mass is 10.2. The Balaban J connectivity index is 1.69. The number of hydrogen-bond donors (Lipinski definition) is 1. The third-order valence-corrected chi connectivity index (χ3v) is 4.90. The summed E-state index contributed by atoms with van der Waals surface area (Å²) < 4.78 is 5.82. The van der Waals surface area contributed by atoms with Crippen LogP contribution in [0.5, 0.6) is 5.75 Å². The Morgan fingerprint density at radius 3 is 2.56 bits per heavy atom. The molecule has 0 aliphatic heterocycles. The van der Waals surface area contributed by atoms with Gasteiger partial charge in [0.2, 0.25) is 0 Å². The largest absolute Gasteiger partial charge is 0.481 e. The molecule has 25 heavy (non-hydrogen) atoms. The second-order valence-electron chi connectivity index (χ2n) is 6.16. The summed E-state index contributed by atoms with van der Waals surface area (Å²) >= 11 is 1.82. The zero-order chi connectivity index (χ0) is 18.1. The van der Waals surface area contributed by atoms with Crippen molar-refractivity contribution in [1.82, 2.24) is 5.32 Å². The molecule has 1 atom stereocenters. The molecule has 2 aromatic carbocycles. The van der Waals surface area contributed by atoms with Gasteiger partial charge in [-0.2, -0.15) is 11.8 Å². The van der Waals surface area contributed by atoms with E-state index in [1.807, 2.05) is 49.9 Å². The van der Waals surface area contributed by atoms with Crippen molar-refractivity contribution >= 4 is 17.7 Å². The maximum atomic E-state index is 12.3. The Hall–Kier alpha value is -1.94. The van der Waals surface area contributed by atoms with Gasteiger partial charge in [-0.15, -0.1) is 0 Å². The molecule has 0 fully saturated rings. The van der Waals surface area contributed by atoms with Crippen LogP contribution in [0.15, 0.2) is 48.5 Å². The van der Waals surface area contributed by atoms with Crippen LogP contribution in [0, 0.1) is 13.8 Å². The first-order valence-corrected chi connectivity index (χ1v) is 9.88. The van der Waals surface area contributed by atoms with E-state index in [0.717, 1.165) is 22.8 Å². The molecule has 0 spiro atoms. The SMILES string of the molecule is CC[C@H](Oc1cccc(C)c1)C(=O)NCCSCc1ccc(C)cc1. The molecular weight excluding hydrogens is 330 g/mol. The van der Waals surface area contributed by atoms with Gasteiger partial charge >= 0.3 is 0 Å². The first-order valence-electron chi connectivity index (χ1n) is 8.73. The van der Waals surface area contributed by atoms with Crippen LogP contribution >= 0.6 is 11.8 Å². The fourth-order valence-electron chi connectivity index (χ4n) is 2.41. The topological polar surface area (TPSA) is 38.3 Å². The molecule has 3 nitrogen and oxygen atoms in total. The molecule has 0 bridgehead atoms. The van der Waals surface area contributed by atoms with E-state index in [4.69, 9.17) is 4.74 Å². The zero-order valence-corrected chi connectivity index (χ0v) is 16.1. The molecule has 0 radical (unpaired) electrons. The highest BCUT2D eigenvalue weighted by atomic mass is 32.2. The minimum atomic E-state index is -0.441. The van der Waals surface area contributed by atoms with Crippen molar-refractivity contribution in [3.8, 4) is 5.75 Å². The summed E-state index contributed by atoms with van der Waals surface area (Å²) in [6, 6.07) is 16.4. The number of amides is 1. The Morgan fingerprint density at radius 1 is 1.12 bits per heavy atom. The predicted octanol–water partition coefficient (Wildman–Crippen LogP) is 4.51. The predicted molar refractivity (Wildman–Crippen MR) is 106 cm³/mol. The third kappa shape index (κ3) is 6.83. The molecule has 0 saturated heterocycles. The van der Waals surface area contributed by atoms with Crippen molar-refractivity contribution in [1.29, 1.82) is 0 Å². The van der Waals surface area contributed by atoms with Gasteiger partial charge in [-0.3, -0.25) is 4.79 Å². The van der Waals surface area contributed by atoms with Crippen molar-refractivity contribution in [2.45, 2.75) is 39.0 Å². The van der Waals surface area contributed by atoms with Gasteiger partial charge in [-0.05, 0) is 43.5 Å².